The molecule has 2 amide bonds. The Labute approximate surface area is 149 Å². The lowest BCUT2D eigenvalue weighted by atomic mass is 10.1. The Morgan fingerprint density at radius 1 is 0.920 bits per heavy atom. The van der Waals surface area contributed by atoms with E-state index >= 15 is 0 Å². The first-order valence-corrected chi connectivity index (χ1v) is 8.52. The highest BCUT2D eigenvalue weighted by Crippen LogP contribution is 2.16. The SMILES string of the molecule is CCN(CC)Cc1ccc(C(=O)Nc2cccc(NC(C)=O)c2)cc1. The van der Waals surface area contributed by atoms with E-state index in [1.807, 2.05) is 24.3 Å². The topological polar surface area (TPSA) is 61.4 Å². The maximum atomic E-state index is 12.4. The number of hydrogen-bond acceptors (Lipinski definition) is 3. The first-order chi connectivity index (χ1) is 12.0. The van der Waals surface area contributed by atoms with E-state index in [0.717, 1.165) is 19.6 Å². The Bertz CT molecular complexity index is 722. The summed E-state index contributed by atoms with van der Waals surface area (Å²) in [6, 6.07) is 14.7. The lowest BCUT2D eigenvalue weighted by Crippen LogP contribution is -2.22. The van der Waals surface area contributed by atoms with Crippen molar-refractivity contribution in [3.63, 3.8) is 0 Å². The molecule has 0 aliphatic carbocycles. The Morgan fingerprint density at radius 3 is 2.08 bits per heavy atom. The summed E-state index contributed by atoms with van der Waals surface area (Å²) in [7, 11) is 0. The zero-order valence-electron chi connectivity index (χ0n) is 15.0. The van der Waals surface area contributed by atoms with Crippen molar-refractivity contribution in [2.24, 2.45) is 0 Å². The van der Waals surface area contributed by atoms with E-state index in [4.69, 9.17) is 0 Å². The van der Waals surface area contributed by atoms with Crippen LogP contribution in [-0.4, -0.2) is 29.8 Å². The van der Waals surface area contributed by atoms with E-state index in [-0.39, 0.29) is 11.8 Å². The number of carbonyl (C=O) groups is 2. The van der Waals surface area contributed by atoms with Crippen LogP contribution in [0.3, 0.4) is 0 Å². The lowest BCUT2D eigenvalue weighted by molar-refractivity contribution is -0.114. The van der Waals surface area contributed by atoms with Crippen molar-refractivity contribution >= 4 is 23.2 Å². The van der Waals surface area contributed by atoms with Gasteiger partial charge in [0.05, 0.1) is 0 Å². The third-order valence-electron chi connectivity index (χ3n) is 3.96. The van der Waals surface area contributed by atoms with Crippen molar-refractivity contribution in [3.05, 3.63) is 59.7 Å². The molecule has 0 unspecified atom stereocenters. The van der Waals surface area contributed by atoms with Gasteiger partial charge in [0.25, 0.3) is 5.91 Å². The average Bonchev–Trinajstić information content (AvgIpc) is 2.60. The predicted molar refractivity (Wildman–Crippen MR) is 102 cm³/mol. The fourth-order valence-corrected chi connectivity index (χ4v) is 2.55. The van der Waals surface area contributed by atoms with Gasteiger partial charge in [0.2, 0.25) is 5.91 Å². The molecular formula is C20H25N3O2. The van der Waals surface area contributed by atoms with Gasteiger partial charge in [0.15, 0.2) is 0 Å². The number of nitrogens with one attached hydrogen (secondary N) is 2. The molecule has 0 aromatic heterocycles. The zero-order chi connectivity index (χ0) is 18.2. The second kappa shape index (κ2) is 8.99. The lowest BCUT2D eigenvalue weighted by Gasteiger charge is -2.18. The van der Waals surface area contributed by atoms with E-state index in [1.165, 1.54) is 12.5 Å². The van der Waals surface area contributed by atoms with Gasteiger partial charge in [-0.2, -0.15) is 0 Å². The smallest absolute Gasteiger partial charge is 0.255 e. The molecule has 0 aliphatic rings. The molecule has 2 N–H and O–H groups in total. The predicted octanol–water partition coefficient (Wildman–Crippen LogP) is 3.74. The van der Waals surface area contributed by atoms with Crippen LogP contribution in [-0.2, 0) is 11.3 Å². The van der Waals surface area contributed by atoms with Crippen LogP contribution in [0.5, 0.6) is 0 Å². The molecule has 5 heteroatoms. The summed E-state index contributed by atoms with van der Waals surface area (Å²) in [5.74, 6) is -0.318. The molecule has 0 spiro atoms. The van der Waals surface area contributed by atoms with Gasteiger partial charge >= 0.3 is 0 Å². The number of nitrogens with zero attached hydrogens (tertiary/aromatic N) is 1. The fourth-order valence-electron chi connectivity index (χ4n) is 2.55. The second-order valence-electron chi connectivity index (χ2n) is 5.87. The quantitative estimate of drug-likeness (QED) is 0.808. The normalized spacial score (nSPS) is 10.6. The van der Waals surface area contributed by atoms with Crippen molar-refractivity contribution in [1.29, 1.82) is 0 Å². The summed E-state index contributed by atoms with van der Waals surface area (Å²) >= 11 is 0. The Kier molecular flexibility index (Phi) is 6.71. The number of anilines is 2. The Hall–Kier alpha value is -2.66. The minimum Gasteiger partial charge on any atom is -0.326 e. The molecule has 0 bridgehead atoms. The number of rotatable bonds is 7. The van der Waals surface area contributed by atoms with Crippen LogP contribution in [0.4, 0.5) is 11.4 Å². The monoisotopic (exact) mass is 339 g/mol. The molecule has 2 aromatic carbocycles. The molecule has 2 aromatic rings. The summed E-state index contributed by atoms with van der Waals surface area (Å²) in [6.07, 6.45) is 0. The third kappa shape index (κ3) is 5.72. The van der Waals surface area contributed by atoms with E-state index in [2.05, 4.69) is 29.4 Å². The molecule has 2 rings (SSSR count). The summed E-state index contributed by atoms with van der Waals surface area (Å²) in [4.78, 5) is 25.8. The molecule has 5 nitrogen and oxygen atoms in total. The summed E-state index contributed by atoms with van der Waals surface area (Å²) in [6.45, 7) is 8.62. The maximum Gasteiger partial charge on any atom is 0.255 e. The van der Waals surface area contributed by atoms with E-state index < -0.39 is 0 Å². The van der Waals surface area contributed by atoms with Gasteiger partial charge < -0.3 is 10.6 Å². The van der Waals surface area contributed by atoms with Gasteiger partial charge in [0.1, 0.15) is 0 Å². The number of carbonyl (C=O) groups excluding carboxylic acids is 2. The van der Waals surface area contributed by atoms with Crippen LogP contribution in [0.1, 0.15) is 36.7 Å². The number of hydrogen-bond donors (Lipinski definition) is 2. The molecule has 0 heterocycles. The van der Waals surface area contributed by atoms with Crippen LogP contribution in [0, 0.1) is 0 Å². The van der Waals surface area contributed by atoms with Crippen molar-refractivity contribution < 1.29 is 9.59 Å². The minimum absolute atomic E-state index is 0.146. The van der Waals surface area contributed by atoms with Crippen molar-refractivity contribution in [2.45, 2.75) is 27.3 Å². The number of amides is 2. The van der Waals surface area contributed by atoms with Gasteiger partial charge in [-0.05, 0) is 49.0 Å². The number of benzene rings is 2. The van der Waals surface area contributed by atoms with Gasteiger partial charge in [-0.3, -0.25) is 14.5 Å². The second-order valence-corrected chi connectivity index (χ2v) is 5.87. The van der Waals surface area contributed by atoms with Crippen LogP contribution >= 0.6 is 0 Å². The summed E-state index contributed by atoms with van der Waals surface area (Å²) in [5.41, 5.74) is 3.09. The largest absolute Gasteiger partial charge is 0.326 e. The summed E-state index contributed by atoms with van der Waals surface area (Å²) in [5, 5.41) is 5.55. The Morgan fingerprint density at radius 2 is 1.52 bits per heavy atom. The van der Waals surface area contributed by atoms with Crippen LogP contribution in [0.2, 0.25) is 0 Å². The van der Waals surface area contributed by atoms with Gasteiger partial charge in [-0.15, -0.1) is 0 Å². The van der Waals surface area contributed by atoms with Crippen molar-refractivity contribution in [2.75, 3.05) is 23.7 Å². The molecule has 25 heavy (non-hydrogen) atoms. The van der Waals surface area contributed by atoms with Crippen molar-refractivity contribution in [3.8, 4) is 0 Å². The molecule has 0 saturated heterocycles. The van der Waals surface area contributed by atoms with Crippen molar-refractivity contribution in [1.82, 2.24) is 4.90 Å². The Balaban J connectivity index is 2.02. The molecule has 0 atom stereocenters. The minimum atomic E-state index is -0.172. The third-order valence-corrected chi connectivity index (χ3v) is 3.96. The van der Waals surface area contributed by atoms with Crippen LogP contribution < -0.4 is 10.6 Å². The molecule has 132 valence electrons. The molecule has 0 radical (unpaired) electrons. The van der Waals surface area contributed by atoms with E-state index in [9.17, 15) is 9.59 Å². The fraction of sp³-hybridized carbons (Fsp3) is 0.300. The van der Waals surface area contributed by atoms with Gasteiger partial charge in [0, 0.05) is 30.4 Å². The van der Waals surface area contributed by atoms with E-state index in [1.54, 1.807) is 24.3 Å². The molecular weight excluding hydrogens is 314 g/mol. The van der Waals surface area contributed by atoms with Crippen LogP contribution in [0.15, 0.2) is 48.5 Å². The highest BCUT2D eigenvalue weighted by atomic mass is 16.2. The van der Waals surface area contributed by atoms with Gasteiger partial charge in [-0.25, -0.2) is 0 Å². The highest BCUT2D eigenvalue weighted by molar-refractivity contribution is 6.04. The standard InChI is InChI=1S/C20H25N3O2/c1-4-23(5-2)14-16-9-11-17(12-10-16)20(25)22-19-8-6-7-18(13-19)21-15(3)24/h6-13H,4-5,14H2,1-3H3,(H,21,24)(H,22,25). The summed E-state index contributed by atoms with van der Waals surface area (Å²) < 4.78 is 0. The molecule has 0 fully saturated rings. The average molecular weight is 339 g/mol. The first kappa shape index (κ1) is 18.7. The molecule has 0 saturated carbocycles. The zero-order valence-corrected chi connectivity index (χ0v) is 15.0. The first-order valence-electron chi connectivity index (χ1n) is 8.52. The highest BCUT2D eigenvalue weighted by Gasteiger charge is 2.08. The van der Waals surface area contributed by atoms with Crippen LogP contribution in [0.25, 0.3) is 0 Å². The van der Waals surface area contributed by atoms with Gasteiger partial charge in [-0.1, -0.05) is 32.0 Å². The molecule has 0 aliphatic heterocycles. The van der Waals surface area contributed by atoms with E-state index in [0.29, 0.717) is 16.9 Å². The maximum absolute atomic E-state index is 12.4.